The summed E-state index contributed by atoms with van der Waals surface area (Å²) in [5.74, 6) is -3.43. The molecular formula is C21H17F2N5OS. The van der Waals surface area contributed by atoms with Crippen LogP contribution >= 0.6 is 11.3 Å². The summed E-state index contributed by atoms with van der Waals surface area (Å²) in [5.41, 5.74) is 2.35. The molecule has 0 saturated heterocycles. The zero-order valence-corrected chi connectivity index (χ0v) is 16.8. The molecule has 1 atom stereocenters. The van der Waals surface area contributed by atoms with Gasteiger partial charge in [-0.25, -0.2) is 9.97 Å². The van der Waals surface area contributed by atoms with Gasteiger partial charge in [0.15, 0.2) is 5.01 Å². The number of pyridine rings is 1. The molecule has 152 valence electrons. The maximum absolute atomic E-state index is 13.6. The summed E-state index contributed by atoms with van der Waals surface area (Å²) in [6.07, 6.45) is 5.21. The number of fused-ring (bicyclic) bond motifs is 2. The molecular weight excluding hydrogens is 408 g/mol. The summed E-state index contributed by atoms with van der Waals surface area (Å²) in [6, 6.07) is 9.28. The molecule has 1 aliphatic rings. The molecule has 0 aliphatic carbocycles. The van der Waals surface area contributed by atoms with E-state index in [1.54, 1.807) is 17.4 Å². The molecule has 6 nitrogen and oxygen atoms in total. The van der Waals surface area contributed by atoms with Gasteiger partial charge in [-0.2, -0.15) is 8.78 Å². The lowest BCUT2D eigenvalue weighted by molar-refractivity contribution is 0.0172. The van der Waals surface area contributed by atoms with E-state index >= 15 is 0 Å². The van der Waals surface area contributed by atoms with E-state index in [0.717, 1.165) is 40.4 Å². The molecule has 9 heteroatoms. The van der Waals surface area contributed by atoms with Crippen molar-refractivity contribution in [3.8, 4) is 0 Å². The number of hydrogen-bond acceptors (Lipinski definition) is 5. The topological polar surface area (TPSA) is 74.8 Å². The van der Waals surface area contributed by atoms with Crippen molar-refractivity contribution >= 4 is 28.0 Å². The third-order valence-corrected chi connectivity index (χ3v) is 6.37. The first-order chi connectivity index (χ1) is 14.4. The van der Waals surface area contributed by atoms with E-state index in [2.05, 4.69) is 19.9 Å². The summed E-state index contributed by atoms with van der Waals surface area (Å²) in [5, 5.41) is 1.63. The average Bonchev–Trinajstić information content (AvgIpc) is 3.41. The number of nitrogens with zero attached hydrogens (tertiary/aromatic N) is 4. The average molecular weight is 425 g/mol. The molecule has 0 bridgehead atoms. The number of amides is 1. The zero-order valence-electron chi connectivity index (χ0n) is 16.0. The second kappa shape index (κ2) is 6.94. The number of nitrogens with one attached hydrogen (secondary N) is 1. The molecule has 0 spiro atoms. The standard InChI is InChI=1S/C21H17F2N5OS/c1-21(22,23)20-25-10-16(30-20)19(29)28-7-6-14-17(27-11-26-14)18(28)15-8-12-4-2-3-5-13(12)9-24-15/h2-5,8-11,18H,6-7H2,1H3,(H,26,27)/t18-/m1/s1. The second-order valence-electron chi connectivity index (χ2n) is 7.29. The van der Waals surface area contributed by atoms with E-state index < -0.39 is 12.0 Å². The first kappa shape index (κ1) is 18.8. The fraction of sp³-hybridized carbons (Fsp3) is 0.238. The molecule has 1 amide bonds. The van der Waals surface area contributed by atoms with Crippen molar-refractivity contribution in [1.82, 2.24) is 24.8 Å². The van der Waals surface area contributed by atoms with Crippen LogP contribution in [0.3, 0.4) is 0 Å². The van der Waals surface area contributed by atoms with Crippen LogP contribution in [0.25, 0.3) is 10.8 Å². The van der Waals surface area contributed by atoms with Gasteiger partial charge in [0.2, 0.25) is 0 Å². The van der Waals surface area contributed by atoms with E-state index in [1.807, 2.05) is 30.3 Å². The Morgan fingerprint density at radius 3 is 2.77 bits per heavy atom. The monoisotopic (exact) mass is 425 g/mol. The molecule has 3 aromatic heterocycles. The number of thiazole rings is 1. The molecule has 1 aromatic carbocycles. The molecule has 4 heterocycles. The number of carbonyl (C=O) groups is 1. The van der Waals surface area contributed by atoms with E-state index in [0.29, 0.717) is 18.7 Å². The van der Waals surface area contributed by atoms with Crippen LogP contribution in [0.15, 0.2) is 49.1 Å². The van der Waals surface area contributed by atoms with Crippen molar-refractivity contribution in [2.45, 2.75) is 25.3 Å². The van der Waals surface area contributed by atoms with Gasteiger partial charge in [-0.05, 0) is 11.5 Å². The zero-order chi connectivity index (χ0) is 20.9. The maximum atomic E-state index is 13.6. The Morgan fingerprint density at radius 1 is 1.20 bits per heavy atom. The quantitative estimate of drug-likeness (QED) is 0.531. The van der Waals surface area contributed by atoms with Crippen LogP contribution in [-0.4, -0.2) is 37.3 Å². The predicted octanol–water partition coefficient (Wildman–Crippen LogP) is 4.31. The first-order valence-corrected chi connectivity index (χ1v) is 10.3. The number of aromatic nitrogens is 4. The fourth-order valence-corrected chi connectivity index (χ4v) is 4.57. The van der Waals surface area contributed by atoms with Crippen LogP contribution in [0, 0.1) is 0 Å². The molecule has 5 rings (SSSR count). The highest BCUT2D eigenvalue weighted by Gasteiger charge is 2.37. The minimum Gasteiger partial charge on any atom is -0.348 e. The van der Waals surface area contributed by atoms with Crippen molar-refractivity contribution < 1.29 is 13.6 Å². The van der Waals surface area contributed by atoms with E-state index in [4.69, 9.17) is 0 Å². The van der Waals surface area contributed by atoms with E-state index in [1.165, 1.54) is 6.20 Å². The number of hydrogen-bond donors (Lipinski definition) is 1. The third kappa shape index (κ3) is 3.15. The number of aromatic amines is 1. The lowest BCUT2D eigenvalue weighted by Gasteiger charge is -2.34. The highest BCUT2D eigenvalue weighted by Crippen LogP contribution is 2.36. The van der Waals surface area contributed by atoms with Crippen LogP contribution in [0.1, 0.15) is 44.7 Å². The van der Waals surface area contributed by atoms with Gasteiger partial charge in [0.25, 0.3) is 11.8 Å². The highest BCUT2D eigenvalue weighted by atomic mass is 32.1. The van der Waals surface area contributed by atoms with Crippen LogP contribution in [0.5, 0.6) is 0 Å². The Labute approximate surface area is 174 Å². The van der Waals surface area contributed by atoms with Crippen molar-refractivity contribution in [2.24, 2.45) is 0 Å². The number of H-pyrrole nitrogens is 1. The largest absolute Gasteiger partial charge is 0.348 e. The van der Waals surface area contributed by atoms with Gasteiger partial charge in [0.05, 0.1) is 23.9 Å². The Morgan fingerprint density at radius 2 is 2.00 bits per heavy atom. The Hall–Kier alpha value is -3.20. The summed E-state index contributed by atoms with van der Waals surface area (Å²) in [6.45, 7) is 1.20. The molecule has 4 aromatic rings. The number of alkyl halides is 2. The summed E-state index contributed by atoms with van der Waals surface area (Å²) in [7, 11) is 0. The maximum Gasteiger partial charge on any atom is 0.296 e. The summed E-state index contributed by atoms with van der Waals surface area (Å²) in [4.78, 5) is 31.1. The van der Waals surface area contributed by atoms with Gasteiger partial charge in [-0.15, -0.1) is 11.3 Å². The minimum atomic E-state index is -3.08. The number of carbonyl (C=O) groups excluding carboxylic acids is 1. The fourth-order valence-electron chi connectivity index (χ4n) is 3.76. The van der Waals surface area contributed by atoms with E-state index in [-0.39, 0.29) is 15.8 Å². The predicted molar refractivity (Wildman–Crippen MR) is 109 cm³/mol. The molecule has 0 radical (unpaired) electrons. The highest BCUT2D eigenvalue weighted by molar-refractivity contribution is 7.13. The van der Waals surface area contributed by atoms with Crippen molar-refractivity contribution in [3.05, 3.63) is 76.0 Å². The molecule has 1 N–H and O–H groups in total. The SMILES string of the molecule is CC(F)(F)c1ncc(C(=O)N2CCc3[nH]cnc3[C@H]2c2cc3ccccc3cn2)s1. The van der Waals surface area contributed by atoms with E-state index in [9.17, 15) is 13.6 Å². The van der Waals surface area contributed by atoms with Crippen LogP contribution in [0.2, 0.25) is 0 Å². The number of rotatable bonds is 3. The number of imidazole rings is 1. The summed E-state index contributed by atoms with van der Waals surface area (Å²) < 4.78 is 27.2. The van der Waals surface area contributed by atoms with Gasteiger partial charge in [0, 0.05) is 37.2 Å². The van der Waals surface area contributed by atoms with Crippen LogP contribution in [0.4, 0.5) is 8.78 Å². The second-order valence-corrected chi connectivity index (χ2v) is 8.32. The van der Waals surface area contributed by atoms with Gasteiger partial charge in [-0.3, -0.25) is 9.78 Å². The lowest BCUT2D eigenvalue weighted by Crippen LogP contribution is -2.40. The first-order valence-electron chi connectivity index (χ1n) is 9.44. The Kier molecular flexibility index (Phi) is 4.35. The van der Waals surface area contributed by atoms with Crippen LogP contribution < -0.4 is 0 Å². The van der Waals surface area contributed by atoms with Crippen LogP contribution in [-0.2, 0) is 12.3 Å². The van der Waals surface area contributed by atoms with Crippen molar-refractivity contribution in [2.75, 3.05) is 6.54 Å². The smallest absolute Gasteiger partial charge is 0.296 e. The molecule has 30 heavy (non-hydrogen) atoms. The Balaban J connectivity index is 1.58. The Bertz CT molecular complexity index is 1250. The number of halogens is 2. The van der Waals surface area contributed by atoms with Crippen molar-refractivity contribution in [1.29, 1.82) is 0 Å². The van der Waals surface area contributed by atoms with Gasteiger partial charge in [0.1, 0.15) is 10.9 Å². The molecule has 1 aliphatic heterocycles. The molecule has 0 unspecified atom stereocenters. The number of benzene rings is 1. The van der Waals surface area contributed by atoms with Gasteiger partial charge >= 0.3 is 0 Å². The van der Waals surface area contributed by atoms with Gasteiger partial charge in [-0.1, -0.05) is 24.3 Å². The summed E-state index contributed by atoms with van der Waals surface area (Å²) >= 11 is 0.724. The normalized spacial score (nSPS) is 16.6. The molecule has 0 fully saturated rings. The minimum absolute atomic E-state index is 0.177. The van der Waals surface area contributed by atoms with Crippen molar-refractivity contribution in [3.63, 3.8) is 0 Å². The lowest BCUT2D eigenvalue weighted by atomic mass is 9.98. The molecule has 0 saturated carbocycles. The third-order valence-electron chi connectivity index (χ3n) is 5.21. The van der Waals surface area contributed by atoms with Gasteiger partial charge < -0.3 is 9.88 Å².